The third-order valence-electron chi connectivity index (χ3n) is 4.69. The van der Waals surface area contributed by atoms with Crippen LogP contribution in [-0.4, -0.2) is 26.2 Å². The molecular weight excluding hydrogens is 444 g/mol. The smallest absolute Gasteiger partial charge is 0.295 e. The number of hydrogen-bond donors (Lipinski definition) is 2. The van der Waals surface area contributed by atoms with E-state index in [9.17, 15) is 18.5 Å². The van der Waals surface area contributed by atoms with Crippen molar-refractivity contribution in [2.45, 2.75) is 25.7 Å². The van der Waals surface area contributed by atoms with Gasteiger partial charge in [0.05, 0.1) is 28.3 Å². The second kappa shape index (κ2) is 10.1. The molecule has 0 aliphatic heterocycles. The van der Waals surface area contributed by atoms with Crippen molar-refractivity contribution in [3.05, 3.63) is 87.5 Å². The summed E-state index contributed by atoms with van der Waals surface area (Å²) in [6, 6.07) is 16.0. The molecule has 0 fully saturated rings. The van der Waals surface area contributed by atoms with E-state index >= 15 is 0 Å². The highest BCUT2D eigenvalue weighted by Gasteiger charge is 2.22. The number of sulfonamides is 1. The van der Waals surface area contributed by atoms with Gasteiger partial charge in [-0.1, -0.05) is 17.7 Å². The quantitative estimate of drug-likeness (QED) is 0.263. The number of hydrogen-bond acceptors (Lipinski definition) is 7. The van der Waals surface area contributed by atoms with Gasteiger partial charge in [0.25, 0.3) is 15.7 Å². The zero-order valence-corrected chi connectivity index (χ0v) is 19.2. The van der Waals surface area contributed by atoms with Crippen LogP contribution < -0.4 is 14.9 Å². The second-order valence-electron chi connectivity index (χ2n) is 7.23. The standard InChI is InChI=1S/C23H24N4O5S/c1-4-32-19-8-6-18(7-9-19)15-24-25-22-12-10-20(14-23(22)27(28)29)33(30,31)26-21-11-5-16(2)13-17(21)3/h5-15,25-26H,4H2,1-3H3. The summed E-state index contributed by atoms with van der Waals surface area (Å²) in [7, 11) is -4.03. The van der Waals surface area contributed by atoms with Crippen LogP contribution in [0.3, 0.4) is 0 Å². The van der Waals surface area contributed by atoms with Gasteiger partial charge in [-0.05, 0) is 74.4 Å². The molecule has 3 rings (SSSR count). The molecule has 0 saturated carbocycles. The van der Waals surface area contributed by atoms with Gasteiger partial charge < -0.3 is 4.74 Å². The van der Waals surface area contributed by atoms with Gasteiger partial charge in [-0.25, -0.2) is 8.42 Å². The molecule has 0 unspecified atom stereocenters. The first-order valence-corrected chi connectivity index (χ1v) is 11.6. The van der Waals surface area contributed by atoms with E-state index in [0.717, 1.165) is 28.5 Å². The van der Waals surface area contributed by atoms with Crippen molar-refractivity contribution in [2.24, 2.45) is 5.10 Å². The van der Waals surface area contributed by atoms with E-state index in [-0.39, 0.29) is 10.6 Å². The molecule has 3 aromatic carbocycles. The molecule has 0 atom stereocenters. The van der Waals surface area contributed by atoms with Gasteiger partial charge in [-0.3, -0.25) is 20.3 Å². The summed E-state index contributed by atoms with van der Waals surface area (Å²) >= 11 is 0. The van der Waals surface area contributed by atoms with Crippen molar-refractivity contribution < 1.29 is 18.1 Å². The number of nitrogens with zero attached hydrogens (tertiary/aromatic N) is 2. The zero-order chi connectivity index (χ0) is 24.0. The van der Waals surface area contributed by atoms with Crippen LogP contribution in [-0.2, 0) is 10.0 Å². The second-order valence-corrected chi connectivity index (χ2v) is 8.91. The molecule has 0 spiro atoms. The van der Waals surface area contributed by atoms with Crippen LogP contribution in [0.1, 0.15) is 23.6 Å². The Kier molecular flexibility index (Phi) is 7.29. The van der Waals surface area contributed by atoms with Crippen LogP contribution in [0, 0.1) is 24.0 Å². The highest BCUT2D eigenvalue weighted by atomic mass is 32.2. The van der Waals surface area contributed by atoms with E-state index in [2.05, 4.69) is 15.2 Å². The first-order valence-electron chi connectivity index (χ1n) is 10.1. The molecule has 172 valence electrons. The molecule has 0 bridgehead atoms. The monoisotopic (exact) mass is 468 g/mol. The van der Waals surface area contributed by atoms with Crippen LogP contribution in [0.5, 0.6) is 5.75 Å². The maximum Gasteiger partial charge on any atom is 0.295 e. The van der Waals surface area contributed by atoms with Crippen LogP contribution in [0.15, 0.2) is 70.7 Å². The molecule has 9 nitrogen and oxygen atoms in total. The molecule has 0 amide bonds. The molecule has 10 heteroatoms. The van der Waals surface area contributed by atoms with Crippen molar-refractivity contribution in [3.63, 3.8) is 0 Å². The number of hydrazone groups is 1. The predicted octanol–water partition coefficient (Wildman–Crippen LogP) is 4.86. The minimum atomic E-state index is -4.03. The Hall–Kier alpha value is -3.92. The number of benzene rings is 3. The summed E-state index contributed by atoms with van der Waals surface area (Å²) < 4.78 is 33.5. The molecule has 3 aromatic rings. The fraction of sp³-hybridized carbons (Fsp3) is 0.174. The van der Waals surface area contributed by atoms with Gasteiger partial charge in [-0.2, -0.15) is 5.10 Å². The summed E-state index contributed by atoms with van der Waals surface area (Å²) in [6.07, 6.45) is 1.49. The van der Waals surface area contributed by atoms with Crippen LogP contribution in [0.25, 0.3) is 0 Å². The van der Waals surface area contributed by atoms with E-state index in [4.69, 9.17) is 4.74 Å². The van der Waals surface area contributed by atoms with Gasteiger partial charge in [0.15, 0.2) is 0 Å². The van der Waals surface area contributed by atoms with Crippen LogP contribution >= 0.6 is 0 Å². The lowest BCUT2D eigenvalue weighted by Gasteiger charge is -2.12. The summed E-state index contributed by atoms with van der Waals surface area (Å²) in [5, 5.41) is 15.6. The predicted molar refractivity (Wildman–Crippen MR) is 129 cm³/mol. The van der Waals surface area contributed by atoms with E-state index in [1.807, 2.05) is 19.9 Å². The third-order valence-corrected chi connectivity index (χ3v) is 6.06. The van der Waals surface area contributed by atoms with Crippen LogP contribution in [0.4, 0.5) is 17.1 Å². The van der Waals surface area contributed by atoms with Crippen molar-refractivity contribution in [3.8, 4) is 5.75 Å². The van der Waals surface area contributed by atoms with E-state index < -0.39 is 20.6 Å². The Morgan fingerprint density at radius 2 is 1.73 bits per heavy atom. The van der Waals surface area contributed by atoms with E-state index in [1.165, 1.54) is 18.3 Å². The van der Waals surface area contributed by atoms with Crippen LogP contribution in [0.2, 0.25) is 0 Å². The highest BCUT2D eigenvalue weighted by molar-refractivity contribution is 7.92. The topological polar surface area (TPSA) is 123 Å². The number of rotatable bonds is 9. The van der Waals surface area contributed by atoms with Crippen molar-refractivity contribution in [1.29, 1.82) is 0 Å². The Balaban J connectivity index is 1.80. The molecule has 0 saturated heterocycles. The Bertz CT molecular complexity index is 1290. The zero-order valence-electron chi connectivity index (χ0n) is 18.4. The number of ether oxygens (including phenoxy) is 1. The lowest BCUT2D eigenvalue weighted by atomic mass is 10.1. The van der Waals surface area contributed by atoms with E-state index in [1.54, 1.807) is 43.3 Å². The molecule has 0 aliphatic carbocycles. The largest absolute Gasteiger partial charge is 0.494 e. The highest BCUT2D eigenvalue weighted by Crippen LogP contribution is 2.29. The number of nitro benzene ring substituents is 1. The number of aryl methyl sites for hydroxylation is 2. The molecule has 33 heavy (non-hydrogen) atoms. The SMILES string of the molecule is CCOc1ccc(C=NNc2ccc(S(=O)(=O)Nc3ccc(C)cc3C)cc2[N+](=O)[O-])cc1. The Morgan fingerprint density at radius 1 is 1.03 bits per heavy atom. The average Bonchev–Trinajstić information content (AvgIpc) is 2.77. The van der Waals surface area contributed by atoms with Gasteiger partial charge in [0.2, 0.25) is 0 Å². The Labute approximate surface area is 192 Å². The molecule has 0 aromatic heterocycles. The van der Waals surface area contributed by atoms with Crippen molar-refractivity contribution in [2.75, 3.05) is 16.8 Å². The molecule has 0 heterocycles. The first kappa shape index (κ1) is 23.7. The number of nitro groups is 1. The molecule has 2 N–H and O–H groups in total. The van der Waals surface area contributed by atoms with Crippen molar-refractivity contribution >= 4 is 33.3 Å². The summed E-state index contributed by atoms with van der Waals surface area (Å²) in [4.78, 5) is 10.7. The Morgan fingerprint density at radius 3 is 2.36 bits per heavy atom. The maximum absolute atomic E-state index is 12.8. The van der Waals surface area contributed by atoms with Gasteiger partial charge >= 0.3 is 0 Å². The lowest BCUT2D eigenvalue weighted by molar-refractivity contribution is -0.384. The summed E-state index contributed by atoms with van der Waals surface area (Å²) in [6.45, 7) is 6.13. The van der Waals surface area contributed by atoms with E-state index in [0.29, 0.717) is 12.3 Å². The average molecular weight is 469 g/mol. The number of anilines is 2. The lowest BCUT2D eigenvalue weighted by Crippen LogP contribution is -2.14. The minimum absolute atomic E-state index is 0.0626. The fourth-order valence-corrected chi connectivity index (χ4v) is 4.20. The number of nitrogens with one attached hydrogen (secondary N) is 2. The minimum Gasteiger partial charge on any atom is -0.494 e. The molecule has 0 radical (unpaired) electrons. The third kappa shape index (κ3) is 6.07. The first-order chi connectivity index (χ1) is 15.7. The molecule has 0 aliphatic rings. The molecular formula is C23H24N4O5S. The van der Waals surface area contributed by atoms with Gasteiger partial charge in [-0.15, -0.1) is 0 Å². The normalized spacial score (nSPS) is 11.4. The van der Waals surface area contributed by atoms with Crippen molar-refractivity contribution in [1.82, 2.24) is 0 Å². The fourth-order valence-electron chi connectivity index (χ4n) is 3.05. The maximum atomic E-state index is 12.8. The summed E-state index contributed by atoms with van der Waals surface area (Å²) in [5.74, 6) is 0.726. The van der Waals surface area contributed by atoms with Gasteiger partial charge in [0, 0.05) is 6.07 Å². The summed E-state index contributed by atoms with van der Waals surface area (Å²) in [5.41, 5.74) is 5.16. The van der Waals surface area contributed by atoms with Gasteiger partial charge in [0.1, 0.15) is 11.4 Å².